The molecule has 2 aromatic heterocycles. The molecule has 188 valence electrons. The highest BCUT2D eigenvalue weighted by Crippen LogP contribution is 2.25. The van der Waals surface area contributed by atoms with E-state index in [0.29, 0.717) is 11.4 Å². The highest BCUT2D eigenvalue weighted by atomic mass is 32.2. The Kier molecular flexibility index (Phi) is 6.83. The molecule has 1 aliphatic heterocycles. The summed E-state index contributed by atoms with van der Waals surface area (Å²) in [6.07, 6.45) is 3.10. The molecule has 1 saturated heterocycles. The van der Waals surface area contributed by atoms with Gasteiger partial charge in [-0.1, -0.05) is 12.1 Å². The van der Waals surface area contributed by atoms with Gasteiger partial charge < -0.3 is 19.9 Å². The number of ether oxygens (including phenoxy) is 1. The number of benzene rings is 2. The lowest BCUT2D eigenvalue weighted by Crippen LogP contribution is -2.38. The minimum atomic E-state index is -3.86. The molecule has 0 aliphatic carbocycles. The fourth-order valence-electron chi connectivity index (χ4n) is 4.06. The third-order valence-corrected chi connectivity index (χ3v) is 6.87. The molecule has 0 bridgehead atoms. The quantitative estimate of drug-likeness (QED) is 0.329. The Morgan fingerprint density at radius 3 is 2.64 bits per heavy atom. The monoisotopic (exact) mass is 511 g/mol. The van der Waals surface area contributed by atoms with E-state index in [2.05, 4.69) is 42.3 Å². The SMILES string of the molecule is NS(=O)(=O)c1cccc(Nc2ncc(F)c(Nc3ccc4ccn(CCN5CCOCC5)c4c3)n2)c1. The van der Waals surface area contributed by atoms with Gasteiger partial charge in [-0.3, -0.25) is 4.90 Å². The Hall–Kier alpha value is -3.58. The van der Waals surface area contributed by atoms with Gasteiger partial charge in [-0.05, 0) is 41.8 Å². The van der Waals surface area contributed by atoms with Crippen molar-refractivity contribution in [2.24, 2.45) is 5.14 Å². The summed E-state index contributed by atoms with van der Waals surface area (Å²) in [6, 6.07) is 13.8. The normalized spacial score (nSPS) is 14.7. The minimum Gasteiger partial charge on any atom is -0.379 e. The molecule has 0 saturated carbocycles. The summed E-state index contributed by atoms with van der Waals surface area (Å²) in [6.45, 7) is 5.15. The van der Waals surface area contributed by atoms with E-state index >= 15 is 0 Å². The van der Waals surface area contributed by atoms with E-state index in [0.717, 1.165) is 56.5 Å². The maximum atomic E-state index is 14.5. The largest absolute Gasteiger partial charge is 0.379 e. The first-order valence-corrected chi connectivity index (χ1v) is 13.0. The second kappa shape index (κ2) is 10.2. The van der Waals surface area contributed by atoms with Gasteiger partial charge in [0.05, 0.1) is 29.8 Å². The van der Waals surface area contributed by atoms with Crippen molar-refractivity contribution in [1.29, 1.82) is 0 Å². The van der Waals surface area contributed by atoms with E-state index in [-0.39, 0.29) is 16.7 Å². The number of primary sulfonamides is 1. The molecule has 0 amide bonds. The first-order chi connectivity index (χ1) is 17.3. The van der Waals surface area contributed by atoms with Crippen LogP contribution in [0.25, 0.3) is 10.9 Å². The van der Waals surface area contributed by atoms with Crippen molar-refractivity contribution in [3.63, 3.8) is 0 Å². The predicted octanol–water partition coefficient (Wildman–Crippen LogP) is 3.04. The van der Waals surface area contributed by atoms with Crippen LogP contribution in [0.15, 0.2) is 65.8 Å². The van der Waals surface area contributed by atoms with Crippen LogP contribution in [-0.4, -0.2) is 60.7 Å². The molecule has 2 aromatic carbocycles. The molecular weight excluding hydrogens is 485 g/mol. The van der Waals surface area contributed by atoms with Gasteiger partial charge in [0.2, 0.25) is 16.0 Å². The van der Waals surface area contributed by atoms with E-state index < -0.39 is 15.8 Å². The van der Waals surface area contributed by atoms with E-state index in [9.17, 15) is 12.8 Å². The second-order valence-corrected chi connectivity index (χ2v) is 10.0. The van der Waals surface area contributed by atoms with Crippen molar-refractivity contribution in [1.82, 2.24) is 19.4 Å². The van der Waals surface area contributed by atoms with Crippen molar-refractivity contribution in [3.05, 3.63) is 66.7 Å². The van der Waals surface area contributed by atoms with E-state index in [1.165, 1.54) is 18.2 Å². The van der Waals surface area contributed by atoms with E-state index in [1.54, 1.807) is 6.07 Å². The van der Waals surface area contributed by atoms with Crippen LogP contribution in [0.1, 0.15) is 0 Å². The lowest BCUT2D eigenvalue weighted by molar-refractivity contribution is 0.0365. The number of anilines is 4. The van der Waals surface area contributed by atoms with Crippen LogP contribution in [-0.2, 0) is 21.3 Å². The molecule has 4 aromatic rings. The fourth-order valence-corrected chi connectivity index (χ4v) is 4.62. The van der Waals surface area contributed by atoms with Crippen molar-refractivity contribution < 1.29 is 17.5 Å². The number of aromatic nitrogens is 3. The molecule has 10 nitrogen and oxygen atoms in total. The highest BCUT2D eigenvalue weighted by molar-refractivity contribution is 7.89. The van der Waals surface area contributed by atoms with Crippen LogP contribution >= 0.6 is 0 Å². The van der Waals surface area contributed by atoms with Gasteiger partial charge in [-0.15, -0.1) is 0 Å². The Morgan fingerprint density at radius 1 is 1.03 bits per heavy atom. The van der Waals surface area contributed by atoms with Gasteiger partial charge in [0.25, 0.3) is 0 Å². The van der Waals surface area contributed by atoms with Crippen molar-refractivity contribution in [2.45, 2.75) is 11.4 Å². The standard InChI is InChI=1S/C24H26FN7O3S/c25-21-16-27-24(29-18-2-1-3-20(14-18)36(26,33)34)30-23(21)28-19-5-4-17-6-7-32(22(17)15-19)9-8-31-10-12-35-13-11-31/h1-7,14-16H,8-13H2,(H2,26,33,34)(H2,27,28,29,30). The summed E-state index contributed by atoms with van der Waals surface area (Å²) in [7, 11) is -3.86. The molecule has 5 rings (SSSR count). The number of rotatable bonds is 8. The van der Waals surface area contributed by atoms with Gasteiger partial charge >= 0.3 is 0 Å². The zero-order valence-electron chi connectivity index (χ0n) is 19.4. The lowest BCUT2D eigenvalue weighted by Gasteiger charge is -2.26. The summed E-state index contributed by atoms with van der Waals surface area (Å²) < 4.78 is 45.4. The molecular formula is C24H26FN7O3S. The molecule has 4 N–H and O–H groups in total. The van der Waals surface area contributed by atoms with Gasteiger partial charge in [0.15, 0.2) is 11.6 Å². The van der Waals surface area contributed by atoms with Crippen LogP contribution < -0.4 is 15.8 Å². The summed E-state index contributed by atoms with van der Waals surface area (Å²) >= 11 is 0. The second-order valence-electron chi connectivity index (χ2n) is 8.45. The molecule has 1 fully saturated rings. The zero-order valence-corrected chi connectivity index (χ0v) is 20.2. The number of sulfonamides is 1. The number of nitrogens with two attached hydrogens (primary N) is 1. The fraction of sp³-hybridized carbons (Fsp3) is 0.250. The van der Waals surface area contributed by atoms with Crippen LogP contribution in [0.2, 0.25) is 0 Å². The van der Waals surface area contributed by atoms with Gasteiger partial charge in [-0.2, -0.15) is 4.98 Å². The van der Waals surface area contributed by atoms with Crippen LogP contribution in [0, 0.1) is 5.82 Å². The number of nitrogens with one attached hydrogen (secondary N) is 2. The molecule has 12 heteroatoms. The molecule has 0 unspecified atom stereocenters. The molecule has 36 heavy (non-hydrogen) atoms. The Morgan fingerprint density at radius 2 is 1.83 bits per heavy atom. The number of nitrogens with zero attached hydrogens (tertiary/aromatic N) is 4. The summed E-state index contributed by atoms with van der Waals surface area (Å²) in [5.74, 6) is -0.539. The van der Waals surface area contributed by atoms with Crippen molar-refractivity contribution >= 4 is 44.1 Å². The van der Waals surface area contributed by atoms with Gasteiger partial charge in [-0.25, -0.2) is 22.9 Å². The first kappa shape index (κ1) is 24.1. The van der Waals surface area contributed by atoms with Crippen LogP contribution in [0.4, 0.5) is 27.5 Å². The predicted molar refractivity (Wildman–Crippen MR) is 136 cm³/mol. The zero-order chi connectivity index (χ0) is 25.1. The number of hydrogen-bond acceptors (Lipinski definition) is 8. The van der Waals surface area contributed by atoms with E-state index in [4.69, 9.17) is 9.88 Å². The Bertz CT molecular complexity index is 1490. The average molecular weight is 512 g/mol. The van der Waals surface area contributed by atoms with Crippen LogP contribution in [0.3, 0.4) is 0 Å². The summed E-state index contributed by atoms with van der Waals surface area (Å²) in [4.78, 5) is 10.5. The lowest BCUT2D eigenvalue weighted by atomic mass is 10.2. The number of fused-ring (bicyclic) bond motifs is 1. The molecule has 3 heterocycles. The van der Waals surface area contributed by atoms with Crippen molar-refractivity contribution in [3.8, 4) is 0 Å². The first-order valence-electron chi connectivity index (χ1n) is 11.4. The number of morpholine rings is 1. The topological polar surface area (TPSA) is 127 Å². The maximum Gasteiger partial charge on any atom is 0.238 e. The minimum absolute atomic E-state index is 0.0131. The summed E-state index contributed by atoms with van der Waals surface area (Å²) in [5, 5.41) is 12.2. The molecule has 1 aliphatic rings. The maximum absolute atomic E-state index is 14.5. The molecule has 0 atom stereocenters. The highest BCUT2D eigenvalue weighted by Gasteiger charge is 2.13. The van der Waals surface area contributed by atoms with Crippen molar-refractivity contribution in [2.75, 3.05) is 43.5 Å². The van der Waals surface area contributed by atoms with Gasteiger partial charge in [0, 0.05) is 43.8 Å². The third kappa shape index (κ3) is 5.62. The number of hydrogen-bond donors (Lipinski definition) is 3. The summed E-state index contributed by atoms with van der Waals surface area (Å²) in [5.41, 5.74) is 2.10. The smallest absolute Gasteiger partial charge is 0.238 e. The van der Waals surface area contributed by atoms with Gasteiger partial charge in [0.1, 0.15) is 0 Å². The Labute approximate surface area is 208 Å². The number of halogens is 1. The molecule has 0 radical (unpaired) electrons. The average Bonchev–Trinajstić information content (AvgIpc) is 3.27. The van der Waals surface area contributed by atoms with Crippen LogP contribution in [0.5, 0.6) is 0 Å². The molecule has 0 spiro atoms. The third-order valence-electron chi connectivity index (χ3n) is 5.96. The van der Waals surface area contributed by atoms with E-state index in [1.807, 2.05) is 18.2 Å². The Balaban J connectivity index is 1.33.